The van der Waals surface area contributed by atoms with Gasteiger partial charge in [0.15, 0.2) is 0 Å². The van der Waals surface area contributed by atoms with E-state index in [4.69, 9.17) is 15.3 Å². The van der Waals surface area contributed by atoms with E-state index in [-0.39, 0.29) is 100 Å². The molecule has 0 aromatic heterocycles. The van der Waals surface area contributed by atoms with Crippen molar-refractivity contribution in [2.75, 3.05) is 0 Å². The van der Waals surface area contributed by atoms with Crippen molar-refractivity contribution in [2.45, 2.75) is 0 Å². The van der Waals surface area contributed by atoms with Crippen molar-refractivity contribution in [3.63, 3.8) is 0 Å². The average molecular weight is 179 g/mol. The van der Waals surface area contributed by atoms with Gasteiger partial charge in [-0.15, -0.1) is 0 Å². The summed E-state index contributed by atoms with van der Waals surface area (Å²) in [6, 6.07) is 0. The summed E-state index contributed by atoms with van der Waals surface area (Å²) in [5, 5.41) is 14.8. The molecule has 6 nitrogen and oxygen atoms in total. The van der Waals surface area contributed by atoms with Crippen LogP contribution in [0, 0.1) is 15.3 Å². The molecule has 0 rings (SSSR count). The van der Waals surface area contributed by atoms with Gasteiger partial charge in [-0.2, -0.15) is 0 Å². The maximum atomic E-state index is 8.25. The summed E-state index contributed by atoms with van der Waals surface area (Å²) in [6.45, 7) is 0. The van der Waals surface area contributed by atoms with Gasteiger partial charge in [-0.1, -0.05) is 0 Å². The van der Waals surface area contributed by atoms with Crippen molar-refractivity contribution in [1.82, 2.24) is 0 Å². The van der Waals surface area contributed by atoms with Crippen LogP contribution in [0.15, 0.2) is 0 Å². The maximum absolute atomic E-state index is 8.25. The van der Waals surface area contributed by atoms with Crippen molar-refractivity contribution in [3.05, 3.63) is 15.3 Å². The molecule has 0 fully saturated rings. The van der Waals surface area contributed by atoms with Gasteiger partial charge in [-0.05, 0) is 0 Å². The predicted octanol–water partition coefficient (Wildman–Crippen LogP) is -5.80. The third-order valence-corrected chi connectivity index (χ3v) is 0. The average Bonchev–Trinajstić information content (AvgIpc) is 0.811. The van der Waals surface area contributed by atoms with Crippen molar-refractivity contribution in [3.8, 4) is 0 Å². The van der Waals surface area contributed by atoms with Crippen LogP contribution < -0.4 is 51.4 Å². The van der Waals surface area contributed by atoms with Gasteiger partial charge < -0.3 is 26.3 Å². The molecule has 0 unspecified atom stereocenters. The Bertz CT molecular complexity index is 35.4. The third kappa shape index (κ3) is 97.1. The van der Waals surface area contributed by atoms with Crippen LogP contribution >= 0.6 is 0 Å². The SMILES string of the molecule is O.O.O=[N+]([O-])[O-].[CaH2].[K+]. The minimum Gasteiger partial charge on any atom is 1.00 e. The minimum atomic E-state index is -1.75. The van der Waals surface area contributed by atoms with Gasteiger partial charge in [0, 0.05) is 0 Å². The van der Waals surface area contributed by atoms with E-state index in [9.17, 15) is 0 Å². The first-order chi connectivity index (χ1) is 1.73. The largest absolute Gasteiger partial charge is 1.00 e. The van der Waals surface area contributed by atoms with Gasteiger partial charge in [0.05, 0.1) is 5.09 Å². The molecule has 0 saturated heterocycles. The normalized spacial score (nSPS) is 3.00. The third-order valence-electron chi connectivity index (χ3n) is 0. The Kier molecular flexibility index (Phi) is 93.1. The molecule has 0 bridgehead atoms. The van der Waals surface area contributed by atoms with E-state index in [2.05, 4.69) is 0 Å². The summed E-state index contributed by atoms with van der Waals surface area (Å²) < 4.78 is 0. The van der Waals surface area contributed by atoms with Crippen LogP contribution in [-0.2, 0) is 0 Å². The van der Waals surface area contributed by atoms with Gasteiger partial charge in [0.1, 0.15) is 0 Å². The van der Waals surface area contributed by atoms with Gasteiger partial charge >= 0.3 is 89.1 Å². The first-order valence-corrected chi connectivity index (χ1v) is 0.548. The van der Waals surface area contributed by atoms with E-state index in [1.54, 1.807) is 0 Å². The van der Waals surface area contributed by atoms with Crippen molar-refractivity contribution < 1.29 is 67.4 Å². The summed E-state index contributed by atoms with van der Waals surface area (Å²) in [7, 11) is 0. The summed E-state index contributed by atoms with van der Waals surface area (Å²) in [6.07, 6.45) is 0. The van der Waals surface area contributed by atoms with E-state index in [1.807, 2.05) is 0 Å². The van der Waals surface area contributed by atoms with E-state index >= 15 is 0 Å². The summed E-state index contributed by atoms with van der Waals surface area (Å²) in [5.41, 5.74) is 0. The molecule has 0 aliphatic carbocycles. The van der Waals surface area contributed by atoms with Crippen LogP contribution in [0.1, 0.15) is 0 Å². The fourth-order valence-electron chi connectivity index (χ4n) is 0. The molecule has 0 aliphatic rings. The number of rotatable bonds is 0. The van der Waals surface area contributed by atoms with Crippen molar-refractivity contribution >= 4 is 37.7 Å². The molecule has 8 heavy (non-hydrogen) atoms. The van der Waals surface area contributed by atoms with E-state index in [0.717, 1.165) is 0 Å². The molecule has 0 aromatic carbocycles. The Morgan fingerprint density at radius 1 is 1.12 bits per heavy atom. The Balaban J connectivity index is -0.00000000750. The van der Waals surface area contributed by atoms with Crippen LogP contribution in [0.5, 0.6) is 0 Å². The summed E-state index contributed by atoms with van der Waals surface area (Å²) in [5.74, 6) is 0. The van der Waals surface area contributed by atoms with Crippen molar-refractivity contribution in [2.24, 2.45) is 0 Å². The van der Waals surface area contributed by atoms with Gasteiger partial charge in [-0.3, -0.25) is 0 Å². The van der Waals surface area contributed by atoms with Crippen LogP contribution in [0.2, 0.25) is 0 Å². The molecule has 8 heteroatoms. The van der Waals surface area contributed by atoms with E-state index in [0.29, 0.717) is 0 Å². The molecule has 0 aliphatic heterocycles. The minimum absolute atomic E-state index is 0. The first kappa shape index (κ1) is 32.4. The molecule has 44 valence electrons. The quantitative estimate of drug-likeness (QED) is 0.208. The second-order valence-corrected chi connectivity index (χ2v) is 0.224. The van der Waals surface area contributed by atoms with Crippen LogP contribution in [0.25, 0.3) is 0 Å². The molecule has 0 spiro atoms. The molecular formula is H6CaKNO5. The van der Waals surface area contributed by atoms with Crippen molar-refractivity contribution in [1.29, 1.82) is 0 Å². The zero-order valence-corrected chi connectivity index (χ0v) is 6.80. The smallest absolute Gasteiger partial charge is 1.00 e. The van der Waals surface area contributed by atoms with E-state index < -0.39 is 5.09 Å². The molecule has 0 heterocycles. The first-order valence-electron chi connectivity index (χ1n) is 0.548. The van der Waals surface area contributed by atoms with Crippen LogP contribution in [-0.4, -0.2) is 53.8 Å². The Labute approximate surface area is 118 Å². The molecule has 0 amide bonds. The zero-order valence-electron chi connectivity index (χ0n) is 3.67. The number of hydrogen-bond acceptors (Lipinski definition) is 3. The maximum Gasteiger partial charge on any atom is 1.00 e. The summed E-state index contributed by atoms with van der Waals surface area (Å²) >= 11 is 0. The zero-order chi connectivity index (χ0) is 3.58. The molecular weight excluding hydrogens is 173 g/mol. The molecule has 0 atom stereocenters. The van der Waals surface area contributed by atoms with Gasteiger partial charge in [0.2, 0.25) is 0 Å². The van der Waals surface area contributed by atoms with E-state index in [1.165, 1.54) is 0 Å². The fraction of sp³-hybridized carbons (Fsp3) is 0. The molecule has 0 aromatic rings. The molecule has 0 saturated carbocycles. The fourth-order valence-corrected chi connectivity index (χ4v) is 0. The van der Waals surface area contributed by atoms with Crippen LogP contribution in [0.3, 0.4) is 0 Å². The number of hydrogen-bond donors (Lipinski definition) is 0. The predicted molar refractivity (Wildman–Crippen MR) is 26.1 cm³/mol. The molecule has 4 N–H and O–H groups in total. The summed E-state index contributed by atoms with van der Waals surface area (Å²) in [4.78, 5) is 8.25. The number of nitrogens with zero attached hydrogens (tertiary/aromatic N) is 1. The van der Waals surface area contributed by atoms with Crippen LogP contribution in [0.4, 0.5) is 0 Å². The topological polar surface area (TPSA) is 129 Å². The Morgan fingerprint density at radius 3 is 1.12 bits per heavy atom. The standard InChI is InChI=1S/Ca.K.NO3.2H2O.2H/c;;2-1(3)4;;;;/h;;;2*1H2;;/q;+1;-1;;;;. The Morgan fingerprint density at radius 2 is 1.12 bits per heavy atom. The second kappa shape index (κ2) is 23.0. The Hall–Kier alpha value is 2.02. The van der Waals surface area contributed by atoms with Gasteiger partial charge in [0.25, 0.3) is 0 Å². The molecule has 0 radical (unpaired) electrons. The second-order valence-electron chi connectivity index (χ2n) is 0.224. The van der Waals surface area contributed by atoms with Gasteiger partial charge in [-0.25, -0.2) is 0 Å². The monoisotopic (exact) mass is 179 g/mol.